The lowest BCUT2D eigenvalue weighted by molar-refractivity contribution is 0.0951. The monoisotopic (exact) mass is 297 g/mol. The SMILES string of the molecule is Cc1ccccc1C(=O)NCCn1ncc2c1c(C)nn2C. The van der Waals surface area contributed by atoms with Gasteiger partial charge in [-0.1, -0.05) is 18.2 Å². The van der Waals surface area contributed by atoms with E-state index in [1.807, 2.05) is 54.5 Å². The summed E-state index contributed by atoms with van der Waals surface area (Å²) in [6.45, 7) is 5.04. The van der Waals surface area contributed by atoms with E-state index >= 15 is 0 Å². The van der Waals surface area contributed by atoms with E-state index in [9.17, 15) is 4.79 Å². The molecule has 2 heterocycles. The fourth-order valence-electron chi connectivity index (χ4n) is 2.68. The molecule has 0 radical (unpaired) electrons. The Bertz CT molecular complexity index is 830. The first-order valence-corrected chi connectivity index (χ1v) is 7.27. The second-order valence-electron chi connectivity index (χ2n) is 5.38. The molecule has 22 heavy (non-hydrogen) atoms. The highest BCUT2D eigenvalue weighted by Gasteiger charge is 2.12. The molecular formula is C16H19N5O. The van der Waals surface area contributed by atoms with Gasteiger partial charge in [-0.15, -0.1) is 0 Å². The van der Waals surface area contributed by atoms with E-state index in [0.29, 0.717) is 18.7 Å². The van der Waals surface area contributed by atoms with Gasteiger partial charge in [-0.3, -0.25) is 14.2 Å². The molecule has 114 valence electrons. The highest BCUT2D eigenvalue weighted by Crippen LogP contribution is 2.16. The van der Waals surface area contributed by atoms with Crippen molar-refractivity contribution in [3.05, 3.63) is 47.3 Å². The number of nitrogens with zero attached hydrogens (tertiary/aromatic N) is 4. The number of aryl methyl sites for hydroxylation is 3. The minimum absolute atomic E-state index is 0.0515. The summed E-state index contributed by atoms with van der Waals surface area (Å²) in [4.78, 5) is 12.2. The van der Waals surface area contributed by atoms with Crippen LogP contribution in [0.5, 0.6) is 0 Å². The van der Waals surface area contributed by atoms with Crippen LogP contribution in [-0.2, 0) is 13.6 Å². The van der Waals surface area contributed by atoms with Crippen molar-refractivity contribution in [1.29, 1.82) is 0 Å². The first kappa shape index (κ1) is 14.3. The van der Waals surface area contributed by atoms with Gasteiger partial charge in [0.2, 0.25) is 0 Å². The highest BCUT2D eigenvalue weighted by molar-refractivity contribution is 5.95. The molecular weight excluding hydrogens is 278 g/mol. The maximum atomic E-state index is 12.2. The first-order chi connectivity index (χ1) is 10.6. The second kappa shape index (κ2) is 5.63. The Labute approximate surface area is 128 Å². The molecule has 0 fully saturated rings. The summed E-state index contributed by atoms with van der Waals surface area (Å²) < 4.78 is 3.70. The van der Waals surface area contributed by atoms with Crippen LogP contribution in [0.2, 0.25) is 0 Å². The molecule has 0 spiro atoms. The number of fused-ring (bicyclic) bond motifs is 1. The van der Waals surface area contributed by atoms with E-state index in [1.54, 1.807) is 6.20 Å². The smallest absolute Gasteiger partial charge is 0.251 e. The molecule has 0 atom stereocenters. The van der Waals surface area contributed by atoms with Crippen LogP contribution in [0.3, 0.4) is 0 Å². The van der Waals surface area contributed by atoms with Crippen molar-refractivity contribution >= 4 is 16.9 Å². The van der Waals surface area contributed by atoms with Gasteiger partial charge in [0.1, 0.15) is 11.0 Å². The van der Waals surface area contributed by atoms with E-state index < -0.39 is 0 Å². The van der Waals surface area contributed by atoms with Gasteiger partial charge in [-0.2, -0.15) is 10.2 Å². The van der Waals surface area contributed by atoms with Gasteiger partial charge in [-0.25, -0.2) is 0 Å². The molecule has 0 saturated carbocycles. The lowest BCUT2D eigenvalue weighted by Gasteiger charge is -2.08. The first-order valence-electron chi connectivity index (χ1n) is 7.27. The molecule has 3 rings (SSSR count). The zero-order valence-corrected chi connectivity index (χ0v) is 13.0. The molecule has 2 aromatic heterocycles. The van der Waals surface area contributed by atoms with Crippen molar-refractivity contribution in [2.75, 3.05) is 6.54 Å². The van der Waals surface area contributed by atoms with E-state index in [4.69, 9.17) is 0 Å². The number of hydrogen-bond donors (Lipinski definition) is 1. The van der Waals surface area contributed by atoms with Crippen LogP contribution in [0.4, 0.5) is 0 Å². The van der Waals surface area contributed by atoms with Crippen molar-refractivity contribution in [1.82, 2.24) is 24.9 Å². The summed E-state index contributed by atoms with van der Waals surface area (Å²) in [6, 6.07) is 7.57. The minimum atomic E-state index is -0.0515. The fourth-order valence-corrected chi connectivity index (χ4v) is 2.68. The molecule has 0 aliphatic heterocycles. The number of hydrogen-bond acceptors (Lipinski definition) is 3. The Hall–Kier alpha value is -2.63. The van der Waals surface area contributed by atoms with Crippen molar-refractivity contribution < 1.29 is 4.79 Å². The average molecular weight is 297 g/mol. The molecule has 1 aromatic carbocycles. The van der Waals surface area contributed by atoms with Crippen LogP contribution >= 0.6 is 0 Å². The van der Waals surface area contributed by atoms with Gasteiger partial charge in [0, 0.05) is 19.2 Å². The summed E-state index contributed by atoms with van der Waals surface area (Å²) >= 11 is 0. The van der Waals surface area contributed by atoms with Gasteiger partial charge in [0.05, 0.1) is 18.4 Å². The number of rotatable bonds is 4. The van der Waals surface area contributed by atoms with Crippen molar-refractivity contribution in [3.63, 3.8) is 0 Å². The number of amides is 1. The molecule has 0 aliphatic rings. The molecule has 6 nitrogen and oxygen atoms in total. The van der Waals surface area contributed by atoms with Gasteiger partial charge in [0.25, 0.3) is 5.91 Å². The van der Waals surface area contributed by atoms with Crippen molar-refractivity contribution in [2.45, 2.75) is 20.4 Å². The van der Waals surface area contributed by atoms with Crippen LogP contribution in [0, 0.1) is 13.8 Å². The van der Waals surface area contributed by atoms with Crippen molar-refractivity contribution in [2.24, 2.45) is 7.05 Å². The van der Waals surface area contributed by atoms with Gasteiger partial charge in [0.15, 0.2) is 0 Å². The quantitative estimate of drug-likeness (QED) is 0.799. The molecule has 0 bridgehead atoms. The van der Waals surface area contributed by atoms with Crippen LogP contribution in [0.15, 0.2) is 30.5 Å². The molecule has 1 N–H and O–H groups in total. The average Bonchev–Trinajstić information content (AvgIpc) is 3.02. The van der Waals surface area contributed by atoms with Crippen LogP contribution in [0.1, 0.15) is 21.6 Å². The fraction of sp³-hybridized carbons (Fsp3) is 0.312. The van der Waals surface area contributed by atoms with E-state index in [1.165, 1.54) is 0 Å². The molecule has 3 aromatic rings. The predicted octanol–water partition coefficient (Wildman–Crippen LogP) is 1.82. The van der Waals surface area contributed by atoms with Crippen LogP contribution in [0.25, 0.3) is 11.0 Å². The molecule has 0 saturated heterocycles. The third-order valence-electron chi connectivity index (χ3n) is 3.81. The Morgan fingerprint density at radius 2 is 2.05 bits per heavy atom. The van der Waals surface area contributed by atoms with E-state index in [2.05, 4.69) is 15.5 Å². The minimum Gasteiger partial charge on any atom is -0.350 e. The number of aromatic nitrogens is 4. The normalized spacial score (nSPS) is 11.0. The number of carbonyl (C=O) groups is 1. The maximum Gasteiger partial charge on any atom is 0.251 e. The second-order valence-corrected chi connectivity index (χ2v) is 5.38. The molecule has 1 amide bonds. The summed E-state index contributed by atoms with van der Waals surface area (Å²) in [5, 5.41) is 11.7. The van der Waals surface area contributed by atoms with Crippen LogP contribution in [-0.4, -0.2) is 32.0 Å². The zero-order valence-electron chi connectivity index (χ0n) is 13.0. The van der Waals surface area contributed by atoms with Gasteiger partial charge < -0.3 is 5.32 Å². The standard InChI is InChI=1S/C16H19N5O/c1-11-6-4-5-7-13(11)16(22)17-8-9-21-15-12(2)19-20(3)14(15)10-18-21/h4-7,10H,8-9H2,1-3H3,(H,17,22). The lowest BCUT2D eigenvalue weighted by Crippen LogP contribution is -2.28. The van der Waals surface area contributed by atoms with Gasteiger partial charge >= 0.3 is 0 Å². The Balaban J connectivity index is 1.68. The Morgan fingerprint density at radius 3 is 2.82 bits per heavy atom. The molecule has 6 heteroatoms. The lowest BCUT2D eigenvalue weighted by atomic mass is 10.1. The topological polar surface area (TPSA) is 64.7 Å². The van der Waals surface area contributed by atoms with Gasteiger partial charge in [-0.05, 0) is 25.5 Å². The maximum absolute atomic E-state index is 12.2. The number of nitrogens with one attached hydrogen (secondary N) is 1. The van der Waals surface area contributed by atoms with E-state index in [0.717, 1.165) is 22.3 Å². The number of benzene rings is 1. The summed E-state index contributed by atoms with van der Waals surface area (Å²) in [7, 11) is 1.90. The highest BCUT2D eigenvalue weighted by atomic mass is 16.1. The molecule has 0 aliphatic carbocycles. The zero-order chi connectivity index (χ0) is 15.7. The number of carbonyl (C=O) groups excluding carboxylic acids is 1. The third-order valence-corrected chi connectivity index (χ3v) is 3.81. The summed E-state index contributed by atoms with van der Waals surface area (Å²) in [5.41, 5.74) is 4.66. The largest absolute Gasteiger partial charge is 0.350 e. The summed E-state index contributed by atoms with van der Waals surface area (Å²) in [6.07, 6.45) is 1.80. The molecule has 0 unspecified atom stereocenters. The van der Waals surface area contributed by atoms with Crippen LogP contribution < -0.4 is 5.32 Å². The summed E-state index contributed by atoms with van der Waals surface area (Å²) in [5.74, 6) is -0.0515. The van der Waals surface area contributed by atoms with Crippen molar-refractivity contribution in [3.8, 4) is 0 Å². The van der Waals surface area contributed by atoms with E-state index in [-0.39, 0.29) is 5.91 Å². The third kappa shape index (κ3) is 2.47. The predicted molar refractivity (Wildman–Crippen MR) is 84.7 cm³/mol. The Morgan fingerprint density at radius 1 is 1.27 bits per heavy atom. The Kier molecular flexibility index (Phi) is 3.66.